The quantitative estimate of drug-likeness (QED) is 0.851. The first kappa shape index (κ1) is 9.79. The van der Waals surface area contributed by atoms with Crippen LogP contribution in [0.15, 0.2) is 30.5 Å². The van der Waals surface area contributed by atoms with Crippen LogP contribution in [0.3, 0.4) is 0 Å². The molecule has 76 valence electrons. The molecule has 0 amide bonds. The monoisotopic (exact) mass is 223 g/mol. The highest BCUT2D eigenvalue weighted by atomic mass is 32.1. The van der Waals surface area contributed by atoms with Crippen molar-refractivity contribution in [1.82, 2.24) is 4.98 Å². The van der Waals surface area contributed by atoms with Crippen molar-refractivity contribution < 1.29 is 14.3 Å². The van der Waals surface area contributed by atoms with E-state index in [0.717, 1.165) is 11.3 Å². The van der Waals surface area contributed by atoms with Crippen LogP contribution in [-0.4, -0.2) is 16.1 Å². The Hall–Kier alpha value is -1.75. The lowest BCUT2D eigenvalue weighted by Gasteiger charge is -1.94. The molecule has 5 heteroatoms. The van der Waals surface area contributed by atoms with Gasteiger partial charge >= 0.3 is 5.97 Å². The number of carbonyl (C=O) groups is 1. The van der Waals surface area contributed by atoms with Crippen LogP contribution in [0.4, 0.5) is 4.39 Å². The van der Waals surface area contributed by atoms with Gasteiger partial charge in [0.15, 0.2) is 0 Å². The van der Waals surface area contributed by atoms with Crippen LogP contribution in [0.25, 0.3) is 10.6 Å². The highest BCUT2D eigenvalue weighted by molar-refractivity contribution is 7.16. The summed E-state index contributed by atoms with van der Waals surface area (Å²) < 4.78 is 12.9. The molecular formula is C10H6FNO2S. The number of thiazole rings is 1. The van der Waals surface area contributed by atoms with Gasteiger partial charge in [0, 0.05) is 5.56 Å². The summed E-state index contributed by atoms with van der Waals surface area (Å²) in [6, 6.07) is 5.90. The van der Waals surface area contributed by atoms with Crippen LogP contribution >= 0.6 is 11.3 Å². The number of benzene rings is 1. The van der Waals surface area contributed by atoms with E-state index < -0.39 is 5.97 Å². The molecule has 0 unspecified atom stereocenters. The molecule has 0 aliphatic heterocycles. The first-order valence-electron chi connectivity index (χ1n) is 4.12. The van der Waals surface area contributed by atoms with Crippen LogP contribution in [0.1, 0.15) is 9.67 Å². The Bertz CT molecular complexity index is 510. The Morgan fingerprint density at radius 3 is 2.87 bits per heavy atom. The van der Waals surface area contributed by atoms with E-state index in [-0.39, 0.29) is 10.7 Å². The van der Waals surface area contributed by atoms with Crippen LogP contribution in [0, 0.1) is 5.82 Å². The van der Waals surface area contributed by atoms with E-state index in [4.69, 9.17) is 5.11 Å². The molecular weight excluding hydrogens is 217 g/mol. The maximum atomic E-state index is 12.9. The van der Waals surface area contributed by atoms with E-state index in [9.17, 15) is 9.18 Å². The largest absolute Gasteiger partial charge is 0.477 e. The Kier molecular flexibility index (Phi) is 2.47. The number of halogens is 1. The number of carboxylic acids is 1. The van der Waals surface area contributed by atoms with E-state index in [1.165, 1.54) is 18.3 Å². The molecule has 2 aromatic rings. The zero-order valence-corrected chi connectivity index (χ0v) is 8.29. The van der Waals surface area contributed by atoms with Crippen molar-refractivity contribution in [3.8, 4) is 10.6 Å². The molecule has 0 radical (unpaired) electrons. The van der Waals surface area contributed by atoms with Crippen LogP contribution in [0.5, 0.6) is 0 Å². The highest BCUT2D eigenvalue weighted by Crippen LogP contribution is 2.25. The van der Waals surface area contributed by atoms with Crippen molar-refractivity contribution in [2.24, 2.45) is 0 Å². The summed E-state index contributed by atoms with van der Waals surface area (Å²) in [5.41, 5.74) is 0.590. The van der Waals surface area contributed by atoms with Gasteiger partial charge < -0.3 is 5.11 Å². The van der Waals surface area contributed by atoms with E-state index in [0.29, 0.717) is 10.6 Å². The third-order valence-corrected chi connectivity index (χ3v) is 2.82. The smallest absolute Gasteiger partial charge is 0.347 e. The van der Waals surface area contributed by atoms with Gasteiger partial charge in [0.1, 0.15) is 15.7 Å². The minimum atomic E-state index is -1.02. The summed E-state index contributed by atoms with van der Waals surface area (Å²) in [4.78, 5) is 14.7. The average molecular weight is 223 g/mol. The van der Waals surface area contributed by atoms with Crippen LogP contribution in [0.2, 0.25) is 0 Å². The summed E-state index contributed by atoms with van der Waals surface area (Å²) >= 11 is 1.03. The van der Waals surface area contributed by atoms with Crippen molar-refractivity contribution in [2.45, 2.75) is 0 Å². The Balaban J connectivity index is 2.41. The molecule has 0 aliphatic rings. The lowest BCUT2D eigenvalue weighted by atomic mass is 10.2. The minimum Gasteiger partial charge on any atom is -0.477 e. The molecule has 0 saturated heterocycles. The molecule has 0 atom stereocenters. The van der Waals surface area contributed by atoms with Crippen molar-refractivity contribution in [2.75, 3.05) is 0 Å². The van der Waals surface area contributed by atoms with Gasteiger partial charge in [0.25, 0.3) is 0 Å². The maximum Gasteiger partial charge on any atom is 0.347 e. The molecule has 0 saturated carbocycles. The van der Waals surface area contributed by atoms with Crippen LogP contribution in [-0.2, 0) is 0 Å². The highest BCUT2D eigenvalue weighted by Gasteiger charge is 2.09. The van der Waals surface area contributed by atoms with Gasteiger partial charge in [0.05, 0.1) is 6.20 Å². The van der Waals surface area contributed by atoms with E-state index >= 15 is 0 Å². The van der Waals surface area contributed by atoms with E-state index in [1.54, 1.807) is 12.1 Å². The number of nitrogens with zero attached hydrogens (tertiary/aromatic N) is 1. The van der Waals surface area contributed by atoms with E-state index in [2.05, 4.69) is 4.98 Å². The Labute approximate surface area is 88.8 Å². The minimum absolute atomic E-state index is 0.147. The lowest BCUT2D eigenvalue weighted by Crippen LogP contribution is -1.89. The second kappa shape index (κ2) is 3.78. The SMILES string of the molecule is O=C(O)c1cnc(-c2cccc(F)c2)s1. The lowest BCUT2D eigenvalue weighted by molar-refractivity contribution is 0.0702. The predicted molar refractivity (Wildman–Crippen MR) is 54.5 cm³/mol. The van der Waals surface area contributed by atoms with Crippen LogP contribution < -0.4 is 0 Å². The van der Waals surface area contributed by atoms with Gasteiger partial charge in [-0.3, -0.25) is 0 Å². The first-order valence-corrected chi connectivity index (χ1v) is 4.93. The van der Waals surface area contributed by atoms with Crippen molar-refractivity contribution in [1.29, 1.82) is 0 Å². The fourth-order valence-corrected chi connectivity index (χ4v) is 1.88. The number of hydrogen-bond acceptors (Lipinski definition) is 3. The molecule has 15 heavy (non-hydrogen) atoms. The van der Waals surface area contributed by atoms with E-state index in [1.807, 2.05) is 0 Å². The predicted octanol–water partition coefficient (Wildman–Crippen LogP) is 2.65. The van der Waals surface area contributed by atoms with Gasteiger partial charge in [0.2, 0.25) is 0 Å². The fourth-order valence-electron chi connectivity index (χ4n) is 1.13. The van der Waals surface area contributed by atoms with Crippen molar-refractivity contribution in [3.05, 3.63) is 41.2 Å². The maximum absolute atomic E-state index is 12.9. The molecule has 1 aromatic carbocycles. The molecule has 0 aliphatic carbocycles. The second-order valence-corrected chi connectivity index (χ2v) is 3.88. The molecule has 1 aromatic heterocycles. The molecule has 1 heterocycles. The third-order valence-electron chi connectivity index (χ3n) is 1.79. The number of rotatable bonds is 2. The average Bonchev–Trinajstić information content (AvgIpc) is 2.66. The van der Waals surface area contributed by atoms with Gasteiger partial charge in [-0.1, -0.05) is 12.1 Å². The summed E-state index contributed by atoms with van der Waals surface area (Å²) in [6.07, 6.45) is 1.27. The number of aromatic nitrogens is 1. The number of aromatic carboxylic acids is 1. The summed E-state index contributed by atoms with van der Waals surface area (Å²) in [6.45, 7) is 0. The number of hydrogen-bond donors (Lipinski definition) is 1. The third kappa shape index (κ3) is 2.02. The summed E-state index contributed by atoms with van der Waals surface area (Å²) in [7, 11) is 0. The zero-order valence-electron chi connectivity index (χ0n) is 7.48. The molecule has 1 N–H and O–H groups in total. The standard InChI is InChI=1S/C10H6FNO2S/c11-7-3-1-2-6(4-7)9-12-5-8(15-9)10(13)14/h1-5H,(H,13,14). The topological polar surface area (TPSA) is 50.2 Å². The Morgan fingerprint density at radius 2 is 2.27 bits per heavy atom. The van der Waals surface area contributed by atoms with Crippen molar-refractivity contribution in [3.63, 3.8) is 0 Å². The fraction of sp³-hybridized carbons (Fsp3) is 0. The molecule has 3 nitrogen and oxygen atoms in total. The Morgan fingerprint density at radius 1 is 1.47 bits per heavy atom. The van der Waals surface area contributed by atoms with Gasteiger partial charge in [-0.2, -0.15) is 0 Å². The molecule has 2 rings (SSSR count). The molecule has 0 bridgehead atoms. The molecule has 0 spiro atoms. The molecule has 0 fully saturated rings. The number of carboxylic acid groups (broad SMARTS) is 1. The summed E-state index contributed by atoms with van der Waals surface area (Å²) in [5, 5.41) is 9.20. The van der Waals surface area contributed by atoms with Gasteiger partial charge in [-0.15, -0.1) is 11.3 Å². The second-order valence-electron chi connectivity index (χ2n) is 2.85. The zero-order chi connectivity index (χ0) is 10.8. The first-order chi connectivity index (χ1) is 7.16. The van der Waals surface area contributed by atoms with Gasteiger partial charge in [-0.05, 0) is 12.1 Å². The normalized spacial score (nSPS) is 10.2. The van der Waals surface area contributed by atoms with Gasteiger partial charge in [-0.25, -0.2) is 14.2 Å². The van der Waals surface area contributed by atoms with Crippen molar-refractivity contribution >= 4 is 17.3 Å². The summed E-state index contributed by atoms with van der Waals surface area (Å²) in [5.74, 6) is -1.38.